The van der Waals surface area contributed by atoms with Crippen molar-refractivity contribution >= 4 is 11.4 Å². The highest BCUT2D eigenvalue weighted by Gasteiger charge is 2.35. The molecule has 46 heavy (non-hydrogen) atoms. The molecule has 0 saturated heterocycles. The van der Waals surface area contributed by atoms with Gasteiger partial charge in [0.05, 0.1) is 0 Å². The topological polar surface area (TPSA) is 25.3 Å². The van der Waals surface area contributed by atoms with Gasteiger partial charge in [-0.15, -0.1) is 0 Å². The van der Waals surface area contributed by atoms with Crippen LogP contribution in [0.5, 0.6) is 0 Å². The van der Waals surface area contributed by atoms with Gasteiger partial charge in [0, 0.05) is 22.3 Å². The van der Waals surface area contributed by atoms with Crippen LogP contribution in [0.15, 0.2) is 47.5 Å². The molecule has 2 aromatic rings. The summed E-state index contributed by atoms with van der Waals surface area (Å²) in [4.78, 5) is 0. The first-order valence-electron chi connectivity index (χ1n) is 19.7. The van der Waals surface area contributed by atoms with E-state index >= 15 is 0 Å². The summed E-state index contributed by atoms with van der Waals surface area (Å²) in [5.41, 5.74) is 25.3. The van der Waals surface area contributed by atoms with Crippen molar-refractivity contribution < 1.29 is 4.70 Å². The molecule has 0 unspecified atom stereocenters. The third-order valence-electron chi connectivity index (χ3n) is 9.92. The van der Waals surface area contributed by atoms with E-state index in [0.717, 1.165) is 49.9 Å². The second-order valence-corrected chi connectivity index (χ2v) is 14.0. The van der Waals surface area contributed by atoms with Crippen LogP contribution < -0.4 is 0 Å². The number of aryl methyl sites for hydroxylation is 4. The van der Waals surface area contributed by atoms with Crippen LogP contribution in [0.3, 0.4) is 0 Å². The van der Waals surface area contributed by atoms with Crippen molar-refractivity contribution in [2.75, 3.05) is 0 Å². The first-order chi connectivity index (χ1) is 22.5. The van der Waals surface area contributed by atoms with Crippen LogP contribution in [0.4, 0.5) is 0 Å². The Morgan fingerprint density at radius 3 is 1.11 bits per heavy atom. The summed E-state index contributed by atoms with van der Waals surface area (Å²) >= 11 is 0. The van der Waals surface area contributed by atoms with E-state index in [1.54, 1.807) is 4.70 Å². The SMILES string of the molecule is CCCCCCC1=C(c2cc(CCCC)cc(CCCCCC)c2)[N+](=[N-])C(c2cc(CCCC)cc(CCCCCC)c2)=C1CC. The number of unbranched alkanes of at least 4 members (excludes halogenated alkanes) is 11. The molecule has 2 aromatic carbocycles. The summed E-state index contributed by atoms with van der Waals surface area (Å²) < 4.78 is 1.63. The Morgan fingerprint density at radius 1 is 0.391 bits per heavy atom. The van der Waals surface area contributed by atoms with E-state index in [1.165, 1.54) is 147 Å². The van der Waals surface area contributed by atoms with Gasteiger partial charge >= 0.3 is 0 Å². The van der Waals surface area contributed by atoms with Crippen LogP contribution in [-0.4, -0.2) is 4.70 Å². The fourth-order valence-corrected chi connectivity index (χ4v) is 7.27. The van der Waals surface area contributed by atoms with E-state index in [-0.39, 0.29) is 0 Å². The molecule has 0 atom stereocenters. The maximum absolute atomic E-state index is 12.4. The van der Waals surface area contributed by atoms with E-state index < -0.39 is 0 Å². The Morgan fingerprint density at radius 2 is 0.739 bits per heavy atom. The zero-order valence-electron chi connectivity index (χ0n) is 30.9. The van der Waals surface area contributed by atoms with Crippen molar-refractivity contribution in [3.8, 4) is 0 Å². The van der Waals surface area contributed by atoms with Crippen molar-refractivity contribution in [3.05, 3.63) is 86.5 Å². The second kappa shape index (κ2) is 21.4. The van der Waals surface area contributed by atoms with Crippen molar-refractivity contribution in [3.63, 3.8) is 0 Å². The highest BCUT2D eigenvalue weighted by atomic mass is 15.2. The van der Waals surface area contributed by atoms with Gasteiger partial charge in [-0.1, -0.05) is 124 Å². The maximum Gasteiger partial charge on any atom is 0.211 e. The van der Waals surface area contributed by atoms with Crippen LogP contribution in [0.1, 0.15) is 190 Å². The van der Waals surface area contributed by atoms with Crippen LogP contribution in [0, 0.1) is 0 Å². The minimum absolute atomic E-state index is 0.934. The monoisotopic (exact) mass is 625 g/mol. The lowest BCUT2D eigenvalue weighted by molar-refractivity contribution is -0.345. The molecule has 2 heteroatoms. The molecule has 1 heterocycles. The largest absolute Gasteiger partial charge is 0.493 e. The number of benzene rings is 2. The van der Waals surface area contributed by atoms with Gasteiger partial charge in [0.25, 0.3) is 0 Å². The Kier molecular flexibility index (Phi) is 17.7. The molecule has 3 rings (SSSR count). The molecular formula is C44H68N2. The second-order valence-electron chi connectivity index (χ2n) is 14.0. The van der Waals surface area contributed by atoms with Gasteiger partial charge in [-0.25, -0.2) is 4.70 Å². The highest BCUT2D eigenvalue weighted by Crippen LogP contribution is 2.44. The maximum atomic E-state index is 12.4. The summed E-state index contributed by atoms with van der Waals surface area (Å²) in [6, 6.07) is 14.5. The molecule has 0 saturated carbocycles. The van der Waals surface area contributed by atoms with Crippen molar-refractivity contribution in [2.45, 2.75) is 183 Å². The lowest BCUT2D eigenvalue weighted by Crippen LogP contribution is -2.05. The molecule has 0 aromatic heterocycles. The molecule has 1 aliphatic heterocycles. The van der Waals surface area contributed by atoms with Crippen molar-refractivity contribution in [1.29, 1.82) is 0 Å². The molecule has 0 radical (unpaired) electrons. The van der Waals surface area contributed by atoms with E-state index in [4.69, 9.17) is 0 Å². The Labute approximate surface area is 284 Å². The number of nitrogens with zero attached hydrogens (tertiary/aromatic N) is 2. The van der Waals surface area contributed by atoms with Gasteiger partial charge in [0.2, 0.25) is 11.4 Å². The van der Waals surface area contributed by atoms with Gasteiger partial charge in [-0.3, -0.25) is 0 Å². The van der Waals surface area contributed by atoms with E-state index in [0.29, 0.717) is 0 Å². The predicted octanol–water partition coefficient (Wildman–Crippen LogP) is 14.2. The lowest BCUT2D eigenvalue weighted by Gasteiger charge is -2.15. The van der Waals surface area contributed by atoms with Crippen LogP contribution in [0.2, 0.25) is 0 Å². The molecule has 0 fully saturated rings. The number of hydrogen-bond donors (Lipinski definition) is 0. The molecule has 2 nitrogen and oxygen atoms in total. The summed E-state index contributed by atoms with van der Waals surface area (Å²) in [7, 11) is 0. The van der Waals surface area contributed by atoms with E-state index in [2.05, 4.69) is 77.9 Å². The Hall–Kier alpha value is -2.48. The average molecular weight is 625 g/mol. The molecule has 0 amide bonds. The Balaban J connectivity index is 2.12. The molecule has 0 spiro atoms. The smallest absolute Gasteiger partial charge is 0.211 e. The van der Waals surface area contributed by atoms with E-state index in [9.17, 15) is 5.53 Å². The quantitative estimate of drug-likeness (QED) is 0.0820. The minimum atomic E-state index is 0.934. The van der Waals surface area contributed by atoms with Gasteiger partial charge in [-0.2, -0.15) is 0 Å². The van der Waals surface area contributed by atoms with E-state index in [1.807, 2.05) is 0 Å². The summed E-state index contributed by atoms with van der Waals surface area (Å²) in [5.74, 6) is 0. The fraction of sp³-hybridized carbons (Fsp3) is 0.636. The molecule has 0 aliphatic carbocycles. The van der Waals surface area contributed by atoms with Gasteiger partial charge in [0.1, 0.15) is 0 Å². The lowest BCUT2D eigenvalue weighted by atomic mass is 9.91. The third-order valence-corrected chi connectivity index (χ3v) is 9.92. The first kappa shape index (κ1) is 38.0. The van der Waals surface area contributed by atoms with Crippen LogP contribution in [-0.2, 0) is 25.7 Å². The summed E-state index contributed by atoms with van der Waals surface area (Å²) in [6.45, 7) is 13.7. The zero-order valence-corrected chi connectivity index (χ0v) is 30.9. The van der Waals surface area contributed by atoms with Gasteiger partial charge in [-0.05, 0) is 117 Å². The summed E-state index contributed by atoms with van der Waals surface area (Å²) in [5, 5.41) is 0. The molecular weight excluding hydrogens is 556 g/mol. The zero-order chi connectivity index (χ0) is 33.1. The third kappa shape index (κ3) is 11.3. The molecule has 1 aliphatic rings. The standard InChI is InChI=1S/C44H68N2/c1-7-13-18-21-26-37-29-35(24-16-10-4)31-39(33-37)43-41(12-6)42(28-23-20-15-9-3)44(46(43)45)40-32-36(25-17-11-5)30-38(34-40)27-22-19-14-8-2/h29-34H,7-28H2,1-6H3. The van der Waals surface area contributed by atoms with Gasteiger partial charge < -0.3 is 5.53 Å². The van der Waals surface area contributed by atoms with Crippen LogP contribution >= 0.6 is 0 Å². The van der Waals surface area contributed by atoms with Crippen molar-refractivity contribution in [2.24, 2.45) is 0 Å². The number of allylic oxidation sites excluding steroid dienone is 2. The normalized spacial score (nSPS) is 13.5. The average Bonchev–Trinajstić information content (AvgIpc) is 3.35. The summed E-state index contributed by atoms with van der Waals surface area (Å²) in [6.07, 6.45) is 26.4. The van der Waals surface area contributed by atoms with Crippen LogP contribution in [0.25, 0.3) is 16.9 Å². The fourth-order valence-electron chi connectivity index (χ4n) is 7.27. The predicted molar refractivity (Wildman–Crippen MR) is 202 cm³/mol. The van der Waals surface area contributed by atoms with Crippen molar-refractivity contribution in [1.82, 2.24) is 0 Å². The molecule has 254 valence electrons. The number of rotatable bonds is 24. The molecule has 0 bridgehead atoms. The number of hydrogen-bond acceptors (Lipinski definition) is 0. The minimum Gasteiger partial charge on any atom is -0.493 e. The Bertz CT molecular complexity index is 1280. The molecule has 0 N–H and O–H groups in total. The van der Waals surface area contributed by atoms with Gasteiger partial charge in [0.15, 0.2) is 0 Å². The highest BCUT2D eigenvalue weighted by molar-refractivity contribution is 5.82. The first-order valence-corrected chi connectivity index (χ1v) is 19.7.